The molecule has 1 aromatic heterocycles. The van der Waals surface area contributed by atoms with Gasteiger partial charge < -0.3 is 15.7 Å². The standard InChI is InChI=1S/C13H17N3O2S/c14-12(19)9-4-5-11(15-8-9)13(18)16(6-7-17)10-2-1-3-10/h4-5,8,10,17H,1-3,6-7H2,(H2,14,19). The van der Waals surface area contributed by atoms with Crippen LogP contribution in [0.4, 0.5) is 0 Å². The Kier molecular flexibility index (Phi) is 4.44. The summed E-state index contributed by atoms with van der Waals surface area (Å²) in [4.78, 5) is 18.4. The van der Waals surface area contributed by atoms with Crippen LogP contribution in [0, 0.1) is 0 Å². The fourth-order valence-corrected chi connectivity index (χ4v) is 2.19. The van der Waals surface area contributed by atoms with Crippen LogP contribution in [0.1, 0.15) is 35.3 Å². The van der Waals surface area contributed by atoms with Gasteiger partial charge in [-0.2, -0.15) is 0 Å². The molecule has 6 heteroatoms. The summed E-state index contributed by atoms with van der Waals surface area (Å²) in [6.07, 6.45) is 4.63. The first-order valence-corrected chi connectivity index (χ1v) is 6.72. The predicted molar refractivity (Wildman–Crippen MR) is 75.9 cm³/mol. The zero-order chi connectivity index (χ0) is 13.8. The van der Waals surface area contributed by atoms with Crippen molar-refractivity contribution in [1.82, 2.24) is 9.88 Å². The highest BCUT2D eigenvalue weighted by Crippen LogP contribution is 2.25. The van der Waals surface area contributed by atoms with Gasteiger partial charge in [0.05, 0.1) is 6.61 Å². The maximum atomic E-state index is 12.3. The molecule has 1 aliphatic carbocycles. The number of carbonyl (C=O) groups is 1. The molecule has 1 aromatic rings. The van der Waals surface area contributed by atoms with Crippen molar-refractivity contribution >= 4 is 23.1 Å². The first-order chi connectivity index (χ1) is 9.13. The van der Waals surface area contributed by atoms with Crippen molar-refractivity contribution in [2.45, 2.75) is 25.3 Å². The van der Waals surface area contributed by atoms with Crippen LogP contribution in [0.25, 0.3) is 0 Å². The van der Waals surface area contributed by atoms with E-state index in [2.05, 4.69) is 4.98 Å². The van der Waals surface area contributed by atoms with Crippen molar-refractivity contribution in [3.05, 3.63) is 29.6 Å². The lowest BCUT2D eigenvalue weighted by Crippen LogP contribution is -2.45. The third-order valence-electron chi connectivity index (χ3n) is 3.38. The van der Waals surface area contributed by atoms with Crippen LogP contribution < -0.4 is 5.73 Å². The van der Waals surface area contributed by atoms with E-state index < -0.39 is 0 Å². The van der Waals surface area contributed by atoms with E-state index in [4.69, 9.17) is 23.1 Å². The number of hydrogen-bond donors (Lipinski definition) is 2. The van der Waals surface area contributed by atoms with Crippen LogP contribution in [0.3, 0.4) is 0 Å². The smallest absolute Gasteiger partial charge is 0.272 e. The maximum Gasteiger partial charge on any atom is 0.272 e. The van der Waals surface area contributed by atoms with Crippen LogP contribution in [0.15, 0.2) is 18.3 Å². The minimum atomic E-state index is -0.145. The summed E-state index contributed by atoms with van der Waals surface area (Å²) in [5.74, 6) is -0.145. The van der Waals surface area contributed by atoms with E-state index in [0.717, 1.165) is 19.3 Å². The number of aliphatic hydroxyl groups is 1. The molecular formula is C13H17N3O2S. The zero-order valence-corrected chi connectivity index (χ0v) is 11.4. The highest BCUT2D eigenvalue weighted by Gasteiger charge is 2.29. The molecule has 1 fully saturated rings. The predicted octanol–water partition coefficient (Wildman–Crippen LogP) is 0.703. The Morgan fingerprint density at radius 2 is 2.26 bits per heavy atom. The number of aliphatic hydroxyl groups excluding tert-OH is 1. The topological polar surface area (TPSA) is 79.5 Å². The van der Waals surface area contributed by atoms with Gasteiger partial charge >= 0.3 is 0 Å². The second kappa shape index (κ2) is 6.08. The van der Waals surface area contributed by atoms with Gasteiger partial charge in [-0.15, -0.1) is 0 Å². The molecule has 5 nitrogen and oxygen atoms in total. The van der Waals surface area contributed by atoms with Gasteiger partial charge in [-0.3, -0.25) is 9.78 Å². The van der Waals surface area contributed by atoms with Gasteiger partial charge in [-0.05, 0) is 31.4 Å². The largest absolute Gasteiger partial charge is 0.395 e. The fourth-order valence-electron chi connectivity index (χ4n) is 2.07. The molecule has 3 N–H and O–H groups in total. The summed E-state index contributed by atoms with van der Waals surface area (Å²) in [6, 6.07) is 3.55. The lowest BCUT2D eigenvalue weighted by atomic mass is 9.91. The Morgan fingerprint density at radius 3 is 2.68 bits per heavy atom. The van der Waals surface area contributed by atoms with Crippen LogP contribution in [-0.4, -0.2) is 45.1 Å². The first-order valence-electron chi connectivity index (χ1n) is 6.31. The molecule has 2 rings (SSSR count). The molecule has 1 amide bonds. The molecule has 0 bridgehead atoms. The number of aromatic nitrogens is 1. The Balaban J connectivity index is 2.13. The highest BCUT2D eigenvalue weighted by molar-refractivity contribution is 7.80. The summed E-state index contributed by atoms with van der Waals surface area (Å²) >= 11 is 4.84. The summed E-state index contributed by atoms with van der Waals surface area (Å²) in [6.45, 7) is 0.315. The summed E-state index contributed by atoms with van der Waals surface area (Å²) < 4.78 is 0. The van der Waals surface area contributed by atoms with Crippen LogP contribution in [0.5, 0.6) is 0 Å². The van der Waals surface area contributed by atoms with E-state index in [-0.39, 0.29) is 23.5 Å². The highest BCUT2D eigenvalue weighted by atomic mass is 32.1. The Bertz CT molecular complexity index is 471. The Hall–Kier alpha value is -1.53. The summed E-state index contributed by atoms with van der Waals surface area (Å²) in [7, 11) is 0. The molecule has 0 aliphatic heterocycles. The fraction of sp³-hybridized carbons (Fsp3) is 0.462. The molecule has 0 saturated heterocycles. The van der Waals surface area contributed by atoms with Crippen LogP contribution >= 0.6 is 12.2 Å². The Labute approximate surface area is 117 Å². The van der Waals surface area contributed by atoms with Crippen molar-refractivity contribution in [3.8, 4) is 0 Å². The number of carbonyl (C=O) groups excluding carboxylic acids is 1. The average molecular weight is 279 g/mol. The summed E-state index contributed by atoms with van der Waals surface area (Å²) in [5, 5.41) is 9.07. The number of nitrogens with zero attached hydrogens (tertiary/aromatic N) is 2. The van der Waals surface area contributed by atoms with E-state index >= 15 is 0 Å². The van der Waals surface area contributed by atoms with E-state index in [9.17, 15) is 4.79 Å². The van der Waals surface area contributed by atoms with Gasteiger partial charge in [0.15, 0.2) is 0 Å². The van der Waals surface area contributed by atoms with Crippen molar-refractivity contribution in [1.29, 1.82) is 0 Å². The second-order valence-electron chi connectivity index (χ2n) is 4.60. The molecule has 1 saturated carbocycles. The van der Waals surface area contributed by atoms with E-state index in [1.54, 1.807) is 17.0 Å². The molecule has 19 heavy (non-hydrogen) atoms. The minimum Gasteiger partial charge on any atom is -0.395 e. The van der Waals surface area contributed by atoms with Crippen molar-refractivity contribution in [2.75, 3.05) is 13.2 Å². The number of nitrogens with two attached hydrogens (primary N) is 1. The Morgan fingerprint density at radius 1 is 1.53 bits per heavy atom. The zero-order valence-electron chi connectivity index (χ0n) is 10.6. The molecule has 0 unspecified atom stereocenters. The lowest BCUT2D eigenvalue weighted by molar-refractivity contribution is 0.0520. The average Bonchev–Trinajstić information content (AvgIpc) is 2.35. The van der Waals surface area contributed by atoms with Gasteiger partial charge in [0.2, 0.25) is 0 Å². The minimum absolute atomic E-state index is 0.0345. The maximum absolute atomic E-state index is 12.3. The lowest BCUT2D eigenvalue weighted by Gasteiger charge is -2.37. The van der Waals surface area contributed by atoms with Gasteiger partial charge in [0.25, 0.3) is 5.91 Å². The third kappa shape index (κ3) is 3.08. The van der Waals surface area contributed by atoms with Gasteiger partial charge in [-0.1, -0.05) is 12.2 Å². The quantitative estimate of drug-likeness (QED) is 0.776. The number of hydrogen-bond acceptors (Lipinski definition) is 4. The van der Waals surface area contributed by atoms with E-state index in [1.807, 2.05) is 0 Å². The SMILES string of the molecule is NC(=S)c1ccc(C(=O)N(CCO)C2CCC2)nc1. The van der Waals surface area contributed by atoms with Gasteiger partial charge in [0, 0.05) is 24.3 Å². The number of thiocarbonyl (C=S) groups is 1. The second-order valence-corrected chi connectivity index (χ2v) is 5.04. The van der Waals surface area contributed by atoms with Crippen molar-refractivity contribution in [2.24, 2.45) is 5.73 Å². The normalized spacial score (nSPS) is 14.8. The third-order valence-corrected chi connectivity index (χ3v) is 3.62. The molecular weight excluding hydrogens is 262 g/mol. The molecule has 0 atom stereocenters. The molecule has 0 aromatic carbocycles. The molecule has 0 spiro atoms. The molecule has 1 heterocycles. The number of pyridine rings is 1. The number of amides is 1. The molecule has 1 aliphatic rings. The van der Waals surface area contributed by atoms with Crippen molar-refractivity contribution in [3.63, 3.8) is 0 Å². The van der Waals surface area contributed by atoms with E-state index in [0.29, 0.717) is 17.8 Å². The number of rotatable bonds is 5. The van der Waals surface area contributed by atoms with Gasteiger partial charge in [-0.25, -0.2) is 0 Å². The summed E-state index contributed by atoms with van der Waals surface area (Å²) in [5.41, 5.74) is 6.49. The monoisotopic (exact) mass is 279 g/mol. The van der Waals surface area contributed by atoms with Crippen LogP contribution in [0.2, 0.25) is 0 Å². The van der Waals surface area contributed by atoms with Gasteiger partial charge in [0.1, 0.15) is 10.7 Å². The first kappa shape index (κ1) is 13.9. The van der Waals surface area contributed by atoms with Crippen molar-refractivity contribution < 1.29 is 9.90 Å². The molecule has 0 radical (unpaired) electrons. The van der Waals surface area contributed by atoms with Crippen LogP contribution in [-0.2, 0) is 0 Å². The van der Waals surface area contributed by atoms with E-state index in [1.165, 1.54) is 6.20 Å². The molecule has 102 valence electrons.